The van der Waals surface area contributed by atoms with Crippen LogP contribution in [-0.4, -0.2) is 50.0 Å². The predicted octanol–water partition coefficient (Wildman–Crippen LogP) is 1.75. The van der Waals surface area contributed by atoms with E-state index >= 15 is 0 Å². The summed E-state index contributed by atoms with van der Waals surface area (Å²) >= 11 is 0. The van der Waals surface area contributed by atoms with Gasteiger partial charge in [-0.25, -0.2) is 4.79 Å². The first-order valence-electron chi connectivity index (χ1n) is 7.58. The maximum absolute atomic E-state index is 12.7. The molecule has 1 aliphatic rings. The number of carbonyl (C=O) groups is 1. The van der Waals surface area contributed by atoms with Gasteiger partial charge in [0.15, 0.2) is 0 Å². The maximum atomic E-state index is 12.7. The first-order chi connectivity index (χ1) is 11.3. The van der Waals surface area contributed by atoms with Crippen molar-refractivity contribution in [3.63, 3.8) is 0 Å². The molecule has 1 fully saturated rings. The predicted molar refractivity (Wildman–Crippen MR) is 81.6 cm³/mol. The Morgan fingerprint density at radius 1 is 1.33 bits per heavy atom. The number of hydrogen-bond donors (Lipinski definition) is 2. The Balaban J connectivity index is 2.32. The second-order valence-corrected chi connectivity index (χ2v) is 5.34. The van der Waals surface area contributed by atoms with E-state index in [2.05, 4.69) is 10.1 Å². The normalized spacial score (nSPS) is 16.0. The van der Waals surface area contributed by atoms with E-state index in [4.69, 9.17) is 10.5 Å². The molecule has 1 aromatic carbocycles. The van der Waals surface area contributed by atoms with E-state index in [0.29, 0.717) is 13.1 Å². The van der Waals surface area contributed by atoms with E-state index in [0.717, 1.165) is 19.2 Å². The summed E-state index contributed by atoms with van der Waals surface area (Å²) in [6.45, 7) is 4.85. The van der Waals surface area contributed by atoms with Gasteiger partial charge >= 0.3 is 12.3 Å². The van der Waals surface area contributed by atoms with E-state index in [9.17, 15) is 18.0 Å². The van der Waals surface area contributed by atoms with Crippen LogP contribution in [0.15, 0.2) is 12.1 Å². The lowest BCUT2D eigenvalue weighted by Gasteiger charge is -2.28. The van der Waals surface area contributed by atoms with Gasteiger partial charge in [-0.3, -0.25) is 4.90 Å². The van der Waals surface area contributed by atoms with Gasteiger partial charge in [0.25, 0.3) is 0 Å². The standard InChI is InChI=1S/C15H20F3N3O3/c1-2-23-14(22)11-8-13(24-15(16,17)18)10(7-12(11)19)9-21-5-3-20-4-6-21/h7-8,20H,2-6,9,19H2,1H3. The highest BCUT2D eigenvalue weighted by Gasteiger charge is 2.33. The number of piperazine rings is 1. The van der Waals surface area contributed by atoms with Crippen molar-refractivity contribution in [2.24, 2.45) is 0 Å². The van der Waals surface area contributed by atoms with Crippen LogP contribution in [-0.2, 0) is 11.3 Å². The zero-order chi connectivity index (χ0) is 17.7. The Labute approximate surface area is 137 Å². The Bertz CT molecular complexity index is 587. The third-order valence-electron chi connectivity index (χ3n) is 3.56. The van der Waals surface area contributed by atoms with Crippen LogP contribution in [0.25, 0.3) is 0 Å². The van der Waals surface area contributed by atoms with E-state index < -0.39 is 18.1 Å². The fourth-order valence-electron chi connectivity index (χ4n) is 2.48. The fourth-order valence-corrected chi connectivity index (χ4v) is 2.48. The highest BCUT2D eigenvalue weighted by atomic mass is 19.4. The number of alkyl halides is 3. The largest absolute Gasteiger partial charge is 0.573 e. The number of halogens is 3. The van der Waals surface area contributed by atoms with Crippen molar-refractivity contribution in [1.29, 1.82) is 0 Å². The lowest BCUT2D eigenvalue weighted by atomic mass is 10.1. The minimum Gasteiger partial charge on any atom is -0.462 e. The van der Waals surface area contributed by atoms with Gasteiger partial charge in [0.2, 0.25) is 0 Å². The van der Waals surface area contributed by atoms with Crippen molar-refractivity contribution < 1.29 is 27.4 Å². The molecule has 24 heavy (non-hydrogen) atoms. The lowest BCUT2D eigenvalue weighted by molar-refractivity contribution is -0.275. The number of nitrogens with one attached hydrogen (secondary N) is 1. The number of nitrogens with two attached hydrogens (primary N) is 1. The van der Waals surface area contributed by atoms with Gasteiger partial charge < -0.3 is 20.5 Å². The minimum absolute atomic E-state index is 0.0631. The molecular formula is C15H20F3N3O3. The molecule has 0 aliphatic carbocycles. The average molecular weight is 347 g/mol. The topological polar surface area (TPSA) is 76.8 Å². The van der Waals surface area contributed by atoms with Crippen LogP contribution in [0.3, 0.4) is 0 Å². The molecular weight excluding hydrogens is 327 g/mol. The Kier molecular flexibility index (Phi) is 5.89. The van der Waals surface area contributed by atoms with Crippen molar-refractivity contribution in [1.82, 2.24) is 10.2 Å². The SMILES string of the molecule is CCOC(=O)c1cc(OC(F)(F)F)c(CN2CCNCC2)cc1N. The third kappa shape index (κ3) is 5.00. The minimum atomic E-state index is -4.86. The molecule has 0 bridgehead atoms. The summed E-state index contributed by atoms with van der Waals surface area (Å²) in [6, 6.07) is 2.34. The van der Waals surface area contributed by atoms with Gasteiger partial charge in [-0.05, 0) is 19.1 Å². The summed E-state index contributed by atoms with van der Waals surface area (Å²) in [6.07, 6.45) is -4.86. The molecule has 0 radical (unpaired) electrons. The first kappa shape index (κ1) is 18.3. The Morgan fingerprint density at radius 2 is 2.00 bits per heavy atom. The van der Waals surface area contributed by atoms with Crippen molar-refractivity contribution in [2.75, 3.05) is 38.5 Å². The number of rotatable bonds is 5. The molecule has 9 heteroatoms. The van der Waals surface area contributed by atoms with Crippen molar-refractivity contribution in [3.05, 3.63) is 23.3 Å². The number of hydrogen-bond acceptors (Lipinski definition) is 6. The van der Waals surface area contributed by atoms with Gasteiger partial charge in [0, 0.05) is 44.0 Å². The van der Waals surface area contributed by atoms with Crippen molar-refractivity contribution in [2.45, 2.75) is 19.8 Å². The van der Waals surface area contributed by atoms with Crippen LogP contribution in [0.4, 0.5) is 18.9 Å². The molecule has 1 heterocycles. The number of esters is 1. The van der Waals surface area contributed by atoms with Crippen LogP contribution in [0.2, 0.25) is 0 Å². The average Bonchev–Trinajstić information content (AvgIpc) is 2.50. The molecule has 0 spiro atoms. The molecule has 0 atom stereocenters. The molecule has 3 N–H and O–H groups in total. The molecule has 0 aromatic heterocycles. The zero-order valence-corrected chi connectivity index (χ0v) is 13.3. The van der Waals surface area contributed by atoms with Gasteiger partial charge in [-0.1, -0.05) is 0 Å². The molecule has 0 saturated carbocycles. The van der Waals surface area contributed by atoms with Gasteiger partial charge in [-0.2, -0.15) is 0 Å². The van der Waals surface area contributed by atoms with Crippen molar-refractivity contribution in [3.8, 4) is 5.75 Å². The van der Waals surface area contributed by atoms with Crippen LogP contribution < -0.4 is 15.8 Å². The van der Waals surface area contributed by atoms with Crippen LogP contribution in [0.5, 0.6) is 5.75 Å². The van der Waals surface area contributed by atoms with Gasteiger partial charge in [-0.15, -0.1) is 13.2 Å². The maximum Gasteiger partial charge on any atom is 0.573 e. The molecule has 0 unspecified atom stereocenters. The molecule has 0 amide bonds. The van der Waals surface area contributed by atoms with E-state index in [-0.39, 0.29) is 30.0 Å². The zero-order valence-electron chi connectivity index (χ0n) is 13.3. The highest BCUT2D eigenvalue weighted by Crippen LogP contribution is 2.32. The highest BCUT2D eigenvalue weighted by molar-refractivity contribution is 5.95. The molecule has 1 aromatic rings. The fraction of sp³-hybridized carbons (Fsp3) is 0.533. The van der Waals surface area contributed by atoms with E-state index in [1.807, 2.05) is 4.90 Å². The number of benzene rings is 1. The van der Waals surface area contributed by atoms with Crippen LogP contribution in [0, 0.1) is 0 Å². The smallest absolute Gasteiger partial charge is 0.462 e. The summed E-state index contributed by atoms with van der Waals surface area (Å²) in [5, 5.41) is 3.16. The summed E-state index contributed by atoms with van der Waals surface area (Å²) in [5.41, 5.74) is 6.02. The first-order valence-corrected chi connectivity index (χ1v) is 7.58. The van der Waals surface area contributed by atoms with Gasteiger partial charge in [0.05, 0.1) is 12.2 Å². The summed E-state index contributed by atoms with van der Waals surface area (Å²) < 4.78 is 47.0. The molecule has 134 valence electrons. The number of carbonyl (C=O) groups excluding carboxylic acids is 1. The van der Waals surface area contributed by atoms with Crippen LogP contribution in [0.1, 0.15) is 22.8 Å². The number of anilines is 1. The van der Waals surface area contributed by atoms with Gasteiger partial charge in [0.1, 0.15) is 5.75 Å². The Morgan fingerprint density at radius 3 is 2.58 bits per heavy atom. The molecule has 2 rings (SSSR count). The Hall–Kier alpha value is -2.00. The monoisotopic (exact) mass is 347 g/mol. The number of nitrogen functional groups attached to an aromatic ring is 1. The second kappa shape index (κ2) is 7.71. The summed E-state index contributed by atoms with van der Waals surface area (Å²) in [4.78, 5) is 13.8. The van der Waals surface area contributed by atoms with Crippen LogP contribution >= 0.6 is 0 Å². The summed E-state index contributed by atoms with van der Waals surface area (Å²) in [5.74, 6) is -1.21. The quantitative estimate of drug-likeness (QED) is 0.624. The number of ether oxygens (including phenoxy) is 2. The van der Waals surface area contributed by atoms with Crippen molar-refractivity contribution >= 4 is 11.7 Å². The molecule has 6 nitrogen and oxygen atoms in total. The number of nitrogens with zero attached hydrogens (tertiary/aromatic N) is 1. The lowest BCUT2D eigenvalue weighted by Crippen LogP contribution is -2.43. The second-order valence-electron chi connectivity index (χ2n) is 5.34. The summed E-state index contributed by atoms with van der Waals surface area (Å²) in [7, 11) is 0. The molecule has 1 aliphatic heterocycles. The molecule has 1 saturated heterocycles. The van der Waals surface area contributed by atoms with E-state index in [1.165, 1.54) is 6.07 Å². The van der Waals surface area contributed by atoms with E-state index in [1.54, 1.807) is 6.92 Å². The third-order valence-corrected chi connectivity index (χ3v) is 3.56.